The third kappa shape index (κ3) is 0.821. The van der Waals surface area contributed by atoms with Crippen molar-refractivity contribution in [2.24, 2.45) is 23.7 Å². The van der Waals surface area contributed by atoms with Crippen molar-refractivity contribution in [3.63, 3.8) is 0 Å². The summed E-state index contributed by atoms with van der Waals surface area (Å²) < 4.78 is 0. The average molecular weight is 224 g/mol. The van der Waals surface area contributed by atoms with Crippen molar-refractivity contribution in [3.8, 4) is 0 Å². The van der Waals surface area contributed by atoms with Gasteiger partial charge in [-0.25, -0.2) is 0 Å². The zero-order valence-electron chi connectivity index (χ0n) is 10.0. The summed E-state index contributed by atoms with van der Waals surface area (Å²) in [6.07, 6.45) is 2.92. The number of Topliss-reactive ketones (excluding diaryl/α,β-unsaturated/α-hetero) is 1. The molecule has 0 saturated heterocycles. The van der Waals surface area contributed by atoms with Crippen LogP contribution >= 0.6 is 0 Å². The van der Waals surface area contributed by atoms with E-state index in [1.807, 2.05) is 6.07 Å². The molecular formula is C16H16O. The molecule has 1 heteroatoms. The minimum Gasteiger partial charge on any atom is -0.295 e. The number of carbonyl (C=O) groups is 1. The third-order valence-electron chi connectivity index (χ3n) is 6.10. The molecule has 1 aromatic rings. The topological polar surface area (TPSA) is 17.1 Å². The fourth-order valence-electron chi connectivity index (χ4n) is 5.37. The highest BCUT2D eigenvalue weighted by Crippen LogP contribution is 2.81. The molecule has 0 aliphatic heterocycles. The lowest BCUT2D eigenvalue weighted by Crippen LogP contribution is -2.26. The molecule has 0 unspecified atom stereocenters. The smallest absolute Gasteiger partial charge is 0.159 e. The van der Waals surface area contributed by atoms with Gasteiger partial charge in [-0.2, -0.15) is 0 Å². The van der Waals surface area contributed by atoms with Crippen LogP contribution in [0.5, 0.6) is 0 Å². The van der Waals surface area contributed by atoms with Crippen molar-refractivity contribution >= 4 is 5.78 Å². The highest BCUT2D eigenvalue weighted by atomic mass is 16.1. The fraction of sp³-hybridized carbons (Fsp3) is 0.562. The standard InChI is InChI=1S/C16H16O/c1-7(17)8-2-3-11-12(6-8)13-9-4-5-10(9)14-15(11)16(13)14/h2-3,6,9-10,13-16H,4-5H2,1H3/t9-,10+,13+,14-,15-,16+/m1/s1. The number of hydrogen-bond donors (Lipinski definition) is 0. The van der Waals surface area contributed by atoms with Crippen LogP contribution in [-0.2, 0) is 0 Å². The molecule has 0 radical (unpaired) electrons. The zero-order chi connectivity index (χ0) is 11.3. The molecule has 1 aromatic carbocycles. The molecule has 0 aromatic heterocycles. The highest BCUT2D eigenvalue weighted by Gasteiger charge is 2.73. The Hall–Kier alpha value is -1.11. The van der Waals surface area contributed by atoms with E-state index >= 15 is 0 Å². The lowest BCUT2D eigenvalue weighted by molar-refractivity contribution is 0.101. The summed E-state index contributed by atoms with van der Waals surface area (Å²) in [7, 11) is 0. The Morgan fingerprint density at radius 2 is 1.88 bits per heavy atom. The van der Waals surface area contributed by atoms with Crippen LogP contribution in [0.25, 0.3) is 0 Å². The second kappa shape index (κ2) is 2.50. The predicted octanol–water partition coefficient (Wildman–Crippen LogP) is 3.36. The molecule has 3 saturated carbocycles. The van der Waals surface area contributed by atoms with Gasteiger partial charge in [0.15, 0.2) is 5.78 Å². The Morgan fingerprint density at radius 3 is 2.59 bits per heavy atom. The second-order valence-corrected chi connectivity index (χ2v) is 6.51. The van der Waals surface area contributed by atoms with Gasteiger partial charge in [0.25, 0.3) is 0 Å². The maximum absolute atomic E-state index is 11.5. The Bertz CT molecular complexity index is 559. The summed E-state index contributed by atoms with van der Waals surface area (Å²) in [4.78, 5) is 11.5. The van der Waals surface area contributed by atoms with E-state index < -0.39 is 0 Å². The van der Waals surface area contributed by atoms with Gasteiger partial charge >= 0.3 is 0 Å². The molecule has 5 rings (SSSR count). The molecule has 6 atom stereocenters. The summed E-state index contributed by atoms with van der Waals surface area (Å²) in [5.41, 5.74) is 4.07. The summed E-state index contributed by atoms with van der Waals surface area (Å²) in [6, 6.07) is 6.52. The first kappa shape index (κ1) is 8.91. The van der Waals surface area contributed by atoms with Gasteiger partial charge in [-0.05, 0) is 72.5 Å². The van der Waals surface area contributed by atoms with Crippen LogP contribution in [0.15, 0.2) is 18.2 Å². The molecule has 0 heterocycles. The maximum atomic E-state index is 11.5. The van der Waals surface area contributed by atoms with Gasteiger partial charge in [-0.15, -0.1) is 0 Å². The first-order valence-corrected chi connectivity index (χ1v) is 6.92. The first-order valence-electron chi connectivity index (χ1n) is 6.92. The molecule has 86 valence electrons. The minimum atomic E-state index is 0.216. The SMILES string of the molecule is CC(=O)c1ccc2c(c1)[C@@H]1[C@@H]3CC[C@@H]3[C@@H]3[C@@H]2[C@@H]13. The average Bonchev–Trinajstić information content (AvgIpc) is 2.81. The van der Waals surface area contributed by atoms with Crippen LogP contribution in [0.4, 0.5) is 0 Å². The van der Waals surface area contributed by atoms with Crippen LogP contribution in [0, 0.1) is 23.7 Å². The van der Waals surface area contributed by atoms with E-state index in [4.69, 9.17) is 0 Å². The van der Waals surface area contributed by atoms with Crippen LogP contribution in [0.1, 0.15) is 53.1 Å². The normalized spacial score (nSPS) is 46.9. The quantitative estimate of drug-likeness (QED) is 0.668. The molecule has 0 amide bonds. The monoisotopic (exact) mass is 224 g/mol. The summed E-state index contributed by atoms with van der Waals surface area (Å²) >= 11 is 0. The highest BCUT2D eigenvalue weighted by molar-refractivity contribution is 5.94. The molecule has 17 heavy (non-hydrogen) atoms. The van der Waals surface area contributed by atoms with Gasteiger partial charge < -0.3 is 0 Å². The summed E-state index contributed by atoms with van der Waals surface area (Å²) in [6.45, 7) is 1.68. The van der Waals surface area contributed by atoms with E-state index in [1.54, 1.807) is 18.1 Å². The number of rotatable bonds is 1. The van der Waals surface area contributed by atoms with Crippen molar-refractivity contribution in [1.29, 1.82) is 0 Å². The van der Waals surface area contributed by atoms with Gasteiger partial charge in [0.2, 0.25) is 0 Å². The van der Waals surface area contributed by atoms with Crippen molar-refractivity contribution in [2.45, 2.75) is 31.6 Å². The van der Waals surface area contributed by atoms with E-state index in [2.05, 4.69) is 12.1 Å². The largest absolute Gasteiger partial charge is 0.295 e. The van der Waals surface area contributed by atoms with E-state index in [0.29, 0.717) is 0 Å². The minimum absolute atomic E-state index is 0.216. The molecule has 1 nitrogen and oxygen atoms in total. The van der Waals surface area contributed by atoms with Crippen molar-refractivity contribution in [3.05, 3.63) is 34.9 Å². The Balaban J connectivity index is 1.69. The molecule has 3 fully saturated rings. The molecule has 0 bridgehead atoms. The van der Waals surface area contributed by atoms with Crippen LogP contribution in [0.3, 0.4) is 0 Å². The second-order valence-electron chi connectivity index (χ2n) is 6.51. The summed E-state index contributed by atoms with van der Waals surface area (Å²) in [5.74, 6) is 5.97. The van der Waals surface area contributed by atoms with Crippen molar-refractivity contribution in [2.75, 3.05) is 0 Å². The maximum Gasteiger partial charge on any atom is 0.159 e. The van der Waals surface area contributed by atoms with Gasteiger partial charge in [-0.3, -0.25) is 4.79 Å². The predicted molar refractivity (Wildman–Crippen MR) is 65.1 cm³/mol. The fourth-order valence-corrected chi connectivity index (χ4v) is 5.37. The lowest BCUT2D eigenvalue weighted by Gasteiger charge is -2.36. The number of hydrogen-bond acceptors (Lipinski definition) is 1. The molecular weight excluding hydrogens is 208 g/mol. The van der Waals surface area contributed by atoms with Gasteiger partial charge in [0.1, 0.15) is 0 Å². The van der Waals surface area contributed by atoms with E-state index in [9.17, 15) is 4.79 Å². The van der Waals surface area contributed by atoms with Gasteiger partial charge in [-0.1, -0.05) is 12.1 Å². The Kier molecular flexibility index (Phi) is 1.31. The molecule has 4 aliphatic carbocycles. The Morgan fingerprint density at radius 1 is 1.06 bits per heavy atom. The molecule has 4 aliphatic rings. The van der Waals surface area contributed by atoms with Gasteiger partial charge in [0, 0.05) is 5.56 Å². The van der Waals surface area contributed by atoms with Crippen molar-refractivity contribution < 1.29 is 4.79 Å². The van der Waals surface area contributed by atoms with E-state index in [-0.39, 0.29) is 5.78 Å². The zero-order valence-corrected chi connectivity index (χ0v) is 10.0. The van der Waals surface area contributed by atoms with Crippen molar-refractivity contribution in [1.82, 2.24) is 0 Å². The Labute approximate surface area is 101 Å². The molecule has 0 spiro atoms. The van der Waals surface area contributed by atoms with E-state index in [1.165, 1.54) is 12.8 Å². The number of ketones is 1. The molecule has 0 N–H and O–H groups in total. The lowest BCUT2D eigenvalue weighted by atomic mass is 9.69. The summed E-state index contributed by atoms with van der Waals surface area (Å²) in [5, 5.41) is 0. The van der Waals surface area contributed by atoms with Gasteiger partial charge in [0.05, 0.1) is 0 Å². The number of carbonyl (C=O) groups excluding carboxylic acids is 1. The first-order chi connectivity index (χ1) is 8.27. The van der Waals surface area contributed by atoms with Crippen LogP contribution < -0.4 is 0 Å². The van der Waals surface area contributed by atoms with Crippen LogP contribution in [0.2, 0.25) is 0 Å². The number of benzene rings is 1. The van der Waals surface area contributed by atoms with Crippen LogP contribution in [-0.4, -0.2) is 5.78 Å². The third-order valence-corrected chi connectivity index (χ3v) is 6.10. The number of fused-ring (bicyclic) bond motifs is 7. The van der Waals surface area contributed by atoms with E-state index in [0.717, 1.165) is 41.1 Å².